The lowest BCUT2D eigenvalue weighted by atomic mass is 9.88. The summed E-state index contributed by atoms with van der Waals surface area (Å²) in [6.07, 6.45) is 8.79. The average molecular weight is 356 g/mol. The number of hydrogen-bond acceptors (Lipinski definition) is 3. The maximum atomic E-state index is 5.59. The fourth-order valence-electron chi connectivity index (χ4n) is 5.20. The first-order valence-corrected chi connectivity index (χ1v) is 10.5. The topological polar surface area (TPSA) is 30.3 Å². The van der Waals surface area contributed by atoms with E-state index in [0.29, 0.717) is 5.92 Å². The molecule has 2 aliphatic rings. The van der Waals surface area contributed by atoms with E-state index in [1.165, 1.54) is 49.6 Å². The highest BCUT2D eigenvalue weighted by Gasteiger charge is 2.40. The van der Waals surface area contributed by atoms with Crippen LogP contribution >= 0.6 is 0 Å². The van der Waals surface area contributed by atoms with E-state index in [1.807, 2.05) is 6.20 Å². The summed E-state index contributed by atoms with van der Waals surface area (Å²) in [7, 11) is 0. The van der Waals surface area contributed by atoms with Crippen LogP contribution in [0.2, 0.25) is 0 Å². The molecular weight excluding hydrogens is 322 g/mol. The van der Waals surface area contributed by atoms with Gasteiger partial charge in [-0.25, -0.2) is 0 Å². The molecule has 0 saturated carbocycles. The first-order chi connectivity index (χ1) is 12.7. The standard InChI is InChI=1S/C22H33N3O/c1-3-26-11-10-18-12-20-8-9-21(13-18)24(20)15-17(2)16-25-22-7-5-4-6-19(22)14-23-25/h4-7,14,17-18,20-21H,3,8-13,15-16H2,1-2H3/t17-,20-,21-/m1/s1. The zero-order valence-electron chi connectivity index (χ0n) is 16.3. The highest BCUT2D eigenvalue weighted by molar-refractivity contribution is 5.78. The minimum atomic E-state index is 0.626. The van der Waals surface area contributed by atoms with Crippen LogP contribution in [0.1, 0.15) is 46.0 Å². The summed E-state index contributed by atoms with van der Waals surface area (Å²) in [5.41, 5.74) is 1.26. The first-order valence-electron chi connectivity index (χ1n) is 10.5. The van der Waals surface area contributed by atoms with Gasteiger partial charge in [0.25, 0.3) is 0 Å². The second-order valence-corrected chi connectivity index (χ2v) is 8.40. The number of fused-ring (bicyclic) bond motifs is 3. The highest BCUT2D eigenvalue weighted by Crippen LogP contribution is 2.40. The van der Waals surface area contributed by atoms with Crippen molar-refractivity contribution >= 4 is 10.9 Å². The van der Waals surface area contributed by atoms with Crippen molar-refractivity contribution in [2.45, 2.75) is 64.6 Å². The molecule has 4 rings (SSSR count). The lowest BCUT2D eigenvalue weighted by molar-refractivity contribution is 0.0635. The van der Waals surface area contributed by atoms with Gasteiger partial charge >= 0.3 is 0 Å². The Morgan fingerprint density at radius 2 is 1.92 bits per heavy atom. The molecule has 4 nitrogen and oxygen atoms in total. The van der Waals surface area contributed by atoms with E-state index in [-0.39, 0.29) is 0 Å². The third-order valence-corrected chi connectivity index (χ3v) is 6.41. The van der Waals surface area contributed by atoms with Crippen LogP contribution in [0.3, 0.4) is 0 Å². The molecule has 26 heavy (non-hydrogen) atoms. The van der Waals surface area contributed by atoms with Crippen LogP contribution in [0, 0.1) is 11.8 Å². The largest absolute Gasteiger partial charge is 0.382 e. The van der Waals surface area contributed by atoms with Crippen molar-refractivity contribution in [2.24, 2.45) is 11.8 Å². The van der Waals surface area contributed by atoms with Crippen molar-refractivity contribution in [1.82, 2.24) is 14.7 Å². The second kappa shape index (κ2) is 8.10. The quantitative estimate of drug-likeness (QED) is 0.660. The fraction of sp³-hybridized carbons (Fsp3) is 0.682. The maximum Gasteiger partial charge on any atom is 0.0682 e. The van der Waals surface area contributed by atoms with Crippen LogP contribution in [-0.2, 0) is 11.3 Å². The fourth-order valence-corrected chi connectivity index (χ4v) is 5.20. The van der Waals surface area contributed by atoms with E-state index in [0.717, 1.165) is 37.8 Å². The minimum absolute atomic E-state index is 0.626. The molecule has 1 aromatic carbocycles. The Kier molecular flexibility index (Phi) is 5.60. The molecule has 1 aromatic heterocycles. The van der Waals surface area contributed by atoms with Gasteiger partial charge in [0.05, 0.1) is 11.7 Å². The summed E-state index contributed by atoms with van der Waals surface area (Å²) < 4.78 is 7.78. The van der Waals surface area contributed by atoms with Gasteiger partial charge in [-0.1, -0.05) is 25.1 Å². The monoisotopic (exact) mass is 355 g/mol. The molecule has 142 valence electrons. The maximum absolute atomic E-state index is 5.59. The van der Waals surface area contributed by atoms with Crippen molar-refractivity contribution < 1.29 is 4.74 Å². The molecule has 4 heteroatoms. The van der Waals surface area contributed by atoms with Crippen LogP contribution in [0.5, 0.6) is 0 Å². The lowest BCUT2D eigenvalue weighted by Gasteiger charge is -2.40. The van der Waals surface area contributed by atoms with Crippen LogP contribution in [-0.4, -0.2) is 46.5 Å². The molecule has 0 aliphatic carbocycles. The molecule has 3 atom stereocenters. The number of rotatable bonds is 8. The molecule has 0 spiro atoms. The van der Waals surface area contributed by atoms with E-state index < -0.39 is 0 Å². The summed E-state index contributed by atoms with van der Waals surface area (Å²) in [4.78, 5) is 2.83. The number of para-hydroxylation sites is 1. The normalized spacial score (nSPS) is 27.2. The predicted molar refractivity (Wildman–Crippen MR) is 106 cm³/mol. The van der Waals surface area contributed by atoms with Gasteiger partial charge in [-0.2, -0.15) is 5.10 Å². The molecule has 2 bridgehead atoms. The van der Waals surface area contributed by atoms with Crippen LogP contribution < -0.4 is 0 Å². The summed E-state index contributed by atoms with van der Waals surface area (Å²) >= 11 is 0. The van der Waals surface area contributed by atoms with Gasteiger partial charge < -0.3 is 4.74 Å². The molecule has 2 aromatic rings. The summed E-state index contributed by atoms with van der Waals surface area (Å²) in [6, 6.07) is 10.1. The average Bonchev–Trinajstić information content (AvgIpc) is 3.13. The van der Waals surface area contributed by atoms with E-state index in [2.05, 4.69) is 52.8 Å². The Balaban J connectivity index is 1.33. The molecule has 0 amide bonds. The van der Waals surface area contributed by atoms with Crippen LogP contribution in [0.25, 0.3) is 10.9 Å². The number of aromatic nitrogens is 2. The predicted octanol–water partition coefficient (Wildman–Crippen LogP) is 4.34. The lowest BCUT2D eigenvalue weighted by Crippen LogP contribution is -2.45. The van der Waals surface area contributed by atoms with Crippen LogP contribution in [0.4, 0.5) is 0 Å². The van der Waals surface area contributed by atoms with Gasteiger partial charge in [0, 0.05) is 43.8 Å². The number of ether oxygens (including phenoxy) is 1. The molecule has 3 heterocycles. The van der Waals surface area contributed by atoms with Gasteiger partial charge in [-0.05, 0) is 56.9 Å². The van der Waals surface area contributed by atoms with E-state index >= 15 is 0 Å². The van der Waals surface area contributed by atoms with Crippen molar-refractivity contribution in [2.75, 3.05) is 19.8 Å². The van der Waals surface area contributed by atoms with E-state index in [4.69, 9.17) is 4.74 Å². The molecule has 2 aliphatic heterocycles. The van der Waals surface area contributed by atoms with Gasteiger partial charge in [-0.3, -0.25) is 9.58 Å². The first kappa shape index (κ1) is 18.0. The number of hydrogen-bond donors (Lipinski definition) is 0. The number of benzene rings is 1. The molecule has 0 unspecified atom stereocenters. The molecule has 0 radical (unpaired) electrons. The van der Waals surface area contributed by atoms with E-state index in [1.54, 1.807) is 0 Å². The molecule has 2 saturated heterocycles. The third kappa shape index (κ3) is 3.81. The van der Waals surface area contributed by atoms with Crippen molar-refractivity contribution in [3.8, 4) is 0 Å². The van der Waals surface area contributed by atoms with Crippen molar-refractivity contribution in [3.05, 3.63) is 30.5 Å². The Bertz CT molecular complexity index is 698. The highest BCUT2D eigenvalue weighted by atomic mass is 16.5. The smallest absolute Gasteiger partial charge is 0.0682 e. The third-order valence-electron chi connectivity index (χ3n) is 6.41. The van der Waals surface area contributed by atoms with Crippen molar-refractivity contribution in [1.29, 1.82) is 0 Å². The Morgan fingerprint density at radius 3 is 2.69 bits per heavy atom. The van der Waals surface area contributed by atoms with Crippen molar-refractivity contribution in [3.63, 3.8) is 0 Å². The SMILES string of the molecule is CCOCCC1C[C@H]2CC[C@H](C1)N2C[C@@H](C)Cn1ncc2ccccc21. The van der Waals surface area contributed by atoms with Gasteiger partial charge in [0.1, 0.15) is 0 Å². The molecule has 0 N–H and O–H groups in total. The molecule has 2 fully saturated rings. The van der Waals surface area contributed by atoms with Gasteiger partial charge in [0.15, 0.2) is 0 Å². The minimum Gasteiger partial charge on any atom is -0.382 e. The summed E-state index contributed by atoms with van der Waals surface area (Å²) in [5.74, 6) is 1.50. The number of nitrogens with zero attached hydrogens (tertiary/aromatic N) is 3. The summed E-state index contributed by atoms with van der Waals surface area (Å²) in [5, 5.41) is 5.87. The van der Waals surface area contributed by atoms with Gasteiger partial charge in [-0.15, -0.1) is 0 Å². The zero-order chi connectivity index (χ0) is 17.9. The summed E-state index contributed by atoms with van der Waals surface area (Å²) in [6.45, 7) is 8.50. The molecular formula is C22H33N3O. The number of piperidine rings is 1. The Labute approximate surface area is 157 Å². The zero-order valence-corrected chi connectivity index (χ0v) is 16.3. The second-order valence-electron chi connectivity index (χ2n) is 8.40. The van der Waals surface area contributed by atoms with Gasteiger partial charge in [0.2, 0.25) is 0 Å². The Hall–Kier alpha value is -1.39. The Morgan fingerprint density at radius 1 is 1.15 bits per heavy atom. The van der Waals surface area contributed by atoms with E-state index in [9.17, 15) is 0 Å². The van der Waals surface area contributed by atoms with Crippen LogP contribution in [0.15, 0.2) is 30.5 Å².